The third-order valence-corrected chi connectivity index (χ3v) is 2.51. The zero-order valence-corrected chi connectivity index (χ0v) is 9.59. The van der Waals surface area contributed by atoms with Crippen LogP contribution in [0.25, 0.3) is 5.69 Å². The Morgan fingerprint density at radius 2 is 2.25 bits per heavy atom. The quantitative estimate of drug-likeness (QED) is 0.892. The third-order valence-electron chi connectivity index (χ3n) is 2.31. The van der Waals surface area contributed by atoms with Gasteiger partial charge in [0.1, 0.15) is 0 Å². The summed E-state index contributed by atoms with van der Waals surface area (Å²) in [5.74, 6) is 0. The predicted molar refractivity (Wildman–Crippen MR) is 61.6 cm³/mol. The average molecular weight is 238 g/mol. The van der Waals surface area contributed by atoms with E-state index in [4.69, 9.17) is 11.6 Å². The molecule has 2 aromatic rings. The Morgan fingerprint density at radius 3 is 2.75 bits per heavy atom. The van der Waals surface area contributed by atoms with Crippen molar-refractivity contribution >= 4 is 11.6 Å². The second-order valence-corrected chi connectivity index (χ2v) is 3.90. The van der Waals surface area contributed by atoms with Crippen molar-refractivity contribution in [2.24, 2.45) is 0 Å². The zero-order valence-electron chi connectivity index (χ0n) is 8.84. The summed E-state index contributed by atoms with van der Waals surface area (Å²) in [4.78, 5) is 4.18. The van der Waals surface area contributed by atoms with E-state index < -0.39 is 6.10 Å². The molecule has 2 rings (SSSR count). The number of halogens is 1. The van der Waals surface area contributed by atoms with Gasteiger partial charge in [0.2, 0.25) is 0 Å². The molecule has 2 heterocycles. The summed E-state index contributed by atoms with van der Waals surface area (Å²) in [5.41, 5.74) is 1.49. The second-order valence-electron chi connectivity index (χ2n) is 3.47. The van der Waals surface area contributed by atoms with Gasteiger partial charge in [0.15, 0.2) is 0 Å². The largest absolute Gasteiger partial charge is 0.387 e. The van der Waals surface area contributed by atoms with E-state index >= 15 is 0 Å². The van der Waals surface area contributed by atoms with Crippen molar-refractivity contribution in [2.45, 2.75) is 19.4 Å². The van der Waals surface area contributed by atoms with Gasteiger partial charge >= 0.3 is 0 Å². The van der Waals surface area contributed by atoms with E-state index in [1.54, 1.807) is 29.3 Å². The summed E-state index contributed by atoms with van der Waals surface area (Å²) in [5, 5.41) is 14.2. The van der Waals surface area contributed by atoms with Crippen LogP contribution in [0.3, 0.4) is 0 Å². The van der Waals surface area contributed by atoms with Crippen molar-refractivity contribution in [3.63, 3.8) is 0 Å². The number of rotatable bonds is 3. The summed E-state index contributed by atoms with van der Waals surface area (Å²) in [7, 11) is 0. The van der Waals surface area contributed by atoms with Crippen LogP contribution < -0.4 is 0 Å². The Morgan fingerprint density at radius 1 is 1.44 bits per heavy atom. The molecule has 5 heteroatoms. The lowest BCUT2D eigenvalue weighted by Crippen LogP contribution is -2.01. The maximum absolute atomic E-state index is 9.59. The van der Waals surface area contributed by atoms with Crippen molar-refractivity contribution in [3.8, 4) is 5.69 Å². The average Bonchev–Trinajstić information content (AvgIpc) is 2.75. The van der Waals surface area contributed by atoms with Gasteiger partial charge in [0.25, 0.3) is 0 Å². The molecule has 0 amide bonds. The van der Waals surface area contributed by atoms with Crippen LogP contribution in [0.4, 0.5) is 0 Å². The predicted octanol–water partition coefficient (Wildman–Crippen LogP) is 2.36. The molecule has 1 unspecified atom stereocenters. The number of pyridine rings is 1. The molecule has 0 aromatic carbocycles. The second kappa shape index (κ2) is 4.63. The molecule has 0 bridgehead atoms. The SMILES string of the molecule is CCC(O)c1ccc(-n2cc(Cl)cn2)cn1. The standard InChI is InChI=1S/C11H12ClN3O/c1-2-11(16)10-4-3-9(6-13-10)15-7-8(12)5-14-15/h3-7,11,16H,2H2,1H3. The molecule has 0 aliphatic rings. The summed E-state index contributed by atoms with van der Waals surface area (Å²) in [6.45, 7) is 1.91. The first-order valence-electron chi connectivity index (χ1n) is 5.05. The van der Waals surface area contributed by atoms with Crippen LogP contribution in [0.1, 0.15) is 25.1 Å². The minimum atomic E-state index is -0.504. The molecule has 0 fully saturated rings. The number of hydrogen-bond acceptors (Lipinski definition) is 3. The van der Waals surface area contributed by atoms with Crippen molar-refractivity contribution in [1.29, 1.82) is 0 Å². The molecule has 0 aliphatic heterocycles. The van der Waals surface area contributed by atoms with Crippen LogP contribution in [0.15, 0.2) is 30.7 Å². The maximum Gasteiger partial charge on any atom is 0.0957 e. The third kappa shape index (κ3) is 2.23. The summed E-state index contributed by atoms with van der Waals surface area (Å²) >= 11 is 5.77. The highest BCUT2D eigenvalue weighted by molar-refractivity contribution is 6.30. The van der Waals surface area contributed by atoms with Gasteiger partial charge in [-0.05, 0) is 18.6 Å². The van der Waals surface area contributed by atoms with Crippen LogP contribution >= 0.6 is 11.6 Å². The van der Waals surface area contributed by atoms with Crippen molar-refractivity contribution < 1.29 is 5.11 Å². The van der Waals surface area contributed by atoms with Crippen LogP contribution in [-0.2, 0) is 0 Å². The Hall–Kier alpha value is -1.39. The molecule has 2 aromatic heterocycles. The molecule has 0 spiro atoms. The van der Waals surface area contributed by atoms with Gasteiger partial charge in [0, 0.05) is 6.20 Å². The van der Waals surface area contributed by atoms with Gasteiger partial charge < -0.3 is 5.11 Å². The smallest absolute Gasteiger partial charge is 0.0957 e. The van der Waals surface area contributed by atoms with Crippen molar-refractivity contribution in [3.05, 3.63) is 41.4 Å². The molecular weight excluding hydrogens is 226 g/mol. The first-order valence-corrected chi connectivity index (χ1v) is 5.43. The Kier molecular flexibility index (Phi) is 3.22. The maximum atomic E-state index is 9.59. The number of hydrogen-bond donors (Lipinski definition) is 1. The lowest BCUT2D eigenvalue weighted by Gasteiger charge is -2.07. The minimum Gasteiger partial charge on any atom is -0.387 e. The molecule has 0 saturated heterocycles. The van der Waals surface area contributed by atoms with E-state index in [0.29, 0.717) is 17.1 Å². The highest BCUT2D eigenvalue weighted by Gasteiger charge is 2.06. The Bertz CT molecular complexity index is 466. The molecular formula is C11H12ClN3O. The fraction of sp³-hybridized carbons (Fsp3) is 0.273. The topological polar surface area (TPSA) is 50.9 Å². The number of aliphatic hydroxyl groups is 1. The Balaban J connectivity index is 2.25. The van der Waals surface area contributed by atoms with E-state index in [-0.39, 0.29) is 0 Å². The molecule has 16 heavy (non-hydrogen) atoms. The van der Waals surface area contributed by atoms with Crippen LogP contribution in [0.2, 0.25) is 5.02 Å². The molecule has 0 aliphatic carbocycles. The van der Waals surface area contributed by atoms with Crippen molar-refractivity contribution in [2.75, 3.05) is 0 Å². The molecule has 0 radical (unpaired) electrons. The summed E-state index contributed by atoms with van der Waals surface area (Å²) in [6, 6.07) is 3.64. The van der Waals surface area contributed by atoms with E-state index in [1.165, 1.54) is 0 Å². The first kappa shape index (κ1) is 11.1. The van der Waals surface area contributed by atoms with Crippen LogP contribution in [0.5, 0.6) is 0 Å². The van der Waals surface area contributed by atoms with Gasteiger partial charge in [-0.15, -0.1) is 0 Å². The van der Waals surface area contributed by atoms with Gasteiger partial charge in [-0.25, -0.2) is 4.68 Å². The lowest BCUT2D eigenvalue weighted by atomic mass is 10.2. The highest BCUT2D eigenvalue weighted by Crippen LogP contribution is 2.16. The summed E-state index contributed by atoms with van der Waals surface area (Å²) in [6.07, 6.45) is 5.08. The van der Waals surface area contributed by atoms with Crippen molar-refractivity contribution in [1.82, 2.24) is 14.8 Å². The zero-order chi connectivity index (χ0) is 11.5. The molecule has 84 valence electrons. The lowest BCUT2D eigenvalue weighted by molar-refractivity contribution is 0.169. The fourth-order valence-electron chi connectivity index (χ4n) is 1.38. The molecule has 1 atom stereocenters. The number of nitrogens with zero attached hydrogens (tertiary/aromatic N) is 3. The molecule has 1 N–H and O–H groups in total. The van der Waals surface area contributed by atoms with E-state index in [1.807, 2.05) is 13.0 Å². The summed E-state index contributed by atoms with van der Waals surface area (Å²) < 4.78 is 1.64. The van der Waals surface area contributed by atoms with Gasteiger partial charge in [0.05, 0.1) is 34.9 Å². The number of aromatic nitrogens is 3. The first-order chi connectivity index (χ1) is 7.70. The van der Waals surface area contributed by atoms with E-state index in [9.17, 15) is 5.11 Å². The van der Waals surface area contributed by atoms with Gasteiger partial charge in [-0.3, -0.25) is 4.98 Å². The van der Waals surface area contributed by atoms with E-state index in [0.717, 1.165) is 5.69 Å². The monoisotopic (exact) mass is 237 g/mol. The molecule has 0 saturated carbocycles. The highest BCUT2D eigenvalue weighted by atomic mass is 35.5. The van der Waals surface area contributed by atoms with Gasteiger partial charge in [-0.2, -0.15) is 5.10 Å². The van der Waals surface area contributed by atoms with Crippen LogP contribution in [0, 0.1) is 0 Å². The van der Waals surface area contributed by atoms with Gasteiger partial charge in [-0.1, -0.05) is 18.5 Å². The Labute approximate surface area is 98.5 Å². The van der Waals surface area contributed by atoms with Crippen LogP contribution in [-0.4, -0.2) is 19.9 Å². The minimum absolute atomic E-state index is 0.504. The number of aliphatic hydroxyl groups excluding tert-OH is 1. The normalized spacial score (nSPS) is 12.7. The van der Waals surface area contributed by atoms with E-state index in [2.05, 4.69) is 10.1 Å². The fourth-order valence-corrected chi connectivity index (χ4v) is 1.52. The molecule has 4 nitrogen and oxygen atoms in total.